The lowest BCUT2D eigenvalue weighted by atomic mass is 9.96. The van der Waals surface area contributed by atoms with Crippen LogP contribution in [0, 0.1) is 0 Å². The summed E-state index contributed by atoms with van der Waals surface area (Å²) in [4.78, 5) is 11.5. The first kappa shape index (κ1) is 16.4. The average Bonchev–Trinajstić information content (AvgIpc) is 2.89. The van der Waals surface area contributed by atoms with Gasteiger partial charge in [0.25, 0.3) is 0 Å². The highest BCUT2D eigenvalue weighted by atomic mass is 16.4. The quantitative estimate of drug-likeness (QED) is 0.685. The van der Waals surface area contributed by atoms with Crippen LogP contribution >= 0.6 is 0 Å². The van der Waals surface area contributed by atoms with E-state index in [2.05, 4.69) is 15.0 Å². The number of aliphatic hydroxyl groups excluding tert-OH is 1. The Balaban J connectivity index is 0.000000311. The SMILES string of the molecule is CNC=O.COC.OCC12CCCN1CCC2. The zero-order valence-electron chi connectivity index (χ0n) is 11.2. The van der Waals surface area contributed by atoms with Crippen LogP contribution in [0.15, 0.2) is 0 Å². The second-order valence-electron chi connectivity index (χ2n) is 4.39. The van der Waals surface area contributed by atoms with Gasteiger partial charge in [-0.25, -0.2) is 0 Å². The molecule has 0 aliphatic carbocycles. The largest absolute Gasteiger partial charge is 0.394 e. The summed E-state index contributed by atoms with van der Waals surface area (Å²) in [6.45, 7) is 2.83. The van der Waals surface area contributed by atoms with Crippen molar-refractivity contribution >= 4 is 6.41 Å². The third kappa shape index (κ3) is 5.02. The van der Waals surface area contributed by atoms with E-state index >= 15 is 0 Å². The lowest BCUT2D eigenvalue weighted by molar-refractivity contribution is -0.109. The van der Waals surface area contributed by atoms with Crippen LogP contribution in [0.25, 0.3) is 0 Å². The van der Waals surface area contributed by atoms with E-state index in [0.717, 1.165) is 0 Å². The highest BCUT2D eigenvalue weighted by Crippen LogP contribution is 2.37. The minimum atomic E-state index is 0.236. The lowest BCUT2D eigenvalue weighted by Gasteiger charge is -2.29. The summed E-state index contributed by atoms with van der Waals surface area (Å²) in [7, 11) is 4.81. The Morgan fingerprint density at radius 1 is 1.35 bits per heavy atom. The number of rotatable bonds is 2. The Kier molecular flexibility index (Phi) is 9.03. The van der Waals surface area contributed by atoms with E-state index in [0.29, 0.717) is 13.0 Å². The van der Waals surface area contributed by atoms with Gasteiger partial charge in [-0.1, -0.05) is 0 Å². The number of nitrogens with zero attached hydrogens (tertiary/aromatic N) is 1. The van der Waals surface area contributed by atoms with Crippen molar-refractivity contribution in [1.29, 1.82) is 0 Å². The van der Waals surface area contributed by atoms with Crippen LogP contribution in [0.4, 0.5) is 0 Å². The molecule has 0 radical (unpaired) electrons. The van der Waals surface area contributed by atoms with E-state index in [1.54, 1.807) is 21.3 Å². The van der Waals surface area contributed by atoms with Gasteiger partial charge < -0.3 is 15.2 Å². The van der Waals surface area contributed by atoms with E-state index in [4.69, 9.17) is 4.79 Å². The molecule has 2 N–H and O–H groups in total. The number of fused-ring (bicyclic) bond motifs is 1. The summed E-state index contributed by atoms with van der Waals surface area (Å²) in [6.07, 6.45) is 5.66. The first-order valence-electron chi connectivity index (χ1n) is 6.07. The van der Waals surface area contributed by atoms with Crippen molar-refractivity contribution in [2.75, 3.05) is 41.0 Å². The minimum absolute atomic E-state index is 0.236. The standard InChI is InChI=1S/C8H15NO.C2H5NO.C2H6O/c10-7-8-3-1-5-9(8)6-2-4-8;1-3-2-4;1-3-2/h10H,1-7H2;2H,1H3,(H,3,4);1-2H3. The van der Waals surface area contributed by atoms with E-state index < -0.39 is 0 Å². The van der Waals surface area contributed by atoms with Crippen LogP contribution < -0.4 is 5.32 Å². The van der Waals surface area contributed by atoms with Crippen LogP contribution in [-0.2, 0) is 9.53 Å². The number of hydrogen-bond donors (Lipinski definition) is 2. The summed E-state index contributed by atoms with van der Waals surface area (Å²) >= 11 is 0. The number of carbonyl (C=O) groups excluding carboxylic acids is 1. The van der Waals surface area contributed by atoms with E-state index in [1.165, 1.54) is 38.8 Å². The van der Waals surface area contributed by atoms with Crippen LogP contribution in [0.2, 0.25) is 0 Å². The van der Waals surface area contributed by atoms with Gasteiger partial charge in [0.05, 0.1) is 6.61 Å². The Bertz CT molecular complexity index is 190. The molecule has 102 valence electrons. The fraction of sp³-hybridized carbons (Fsp3) is 0.917. The summed E-state index contributed by atoms with van der Waals surface area (Å²) in [5.74, 6) is 0. The predicted octanol–water partition coefficient (Wildman–Crippen LogP) is 0.232. The van der Waals surface area contributed by atoms with Gasteiger partial charge in [0.15, 0.2) is 0 Å². The highest BCUT2D eigenvalue weighted by molar-refractivity contribution is 5.44. The van der Waals surface area contributed by atoms with Crippen molar-refractivity contribution in [2.24, 2.45) is 0 Å². The molecule has 0 bridgehead atoms. The van der Waals surface area contributed by atoms with E-state index in [9.17, 15) is 5.11 Å². The van der Waals surface area contributed by atoms with Crippen molar-refractivity contribution in [2.45, 2.75) is 31.2 Å². The number of nitrogens with one attached hydrogen (secondary N) is 1. The molecule has 17 heavy (non-hydrogen) atoms. The van der Waals surface area contributed by atoms with E-state index in [1.807, 2.05) is 0 Å². The Morgan fingerprint density at radius 3 is 2.00 bits per heavy atom. The maximum atomic E-state index is 9.19. The fourth-order valence-corrected chi connectivity index (χ4v) is 2.48. The Hall–Kier alpha value is -0.650. The zero-order chi connectivity index (χ0) is 13.1. The second-order valence-corrected chi connectivity index (χ2v) is 4.39. The third-order valence-electron chi connectivity index (χ3n) is 3.22. The number of ether oxygens (including phenoxy) is 1. The van der Waals surface area contributed by atoms with Crippen molar-refractivity contribution in [3.05, 3.63) is 0 Å². The first-order chi connectivity index (χ1) is 8.20. The molecule has 0 spiro atoms. The van der Waals surface area contributed by atoms with Gasteiger partial charge in [-0.15, -0.1) is 0 Å². The topological polar surface area (TPSA) is 61.8 Å². The van der Waals surface area contributed by atoms with Gasteiger partial charge in [-0.3, -0.25) is 9.69 Å². The molecule has 0 aromatic heterocycles. The normalized spacial score (nSPS) is 20.5. The Labute approximate surface area is 104 Å². The predicted molar refractivity (Wildman–Crippen MR) is 67.9 cm³/mol. The van der Waals surface area contributed by atoms with Gasteiger partial charge in [-0.05, 0) is 38.8 Å². The van der Waals surface area contributed by atoms with Crippen LogP contribution in [0.5, 0.6) is 0 Å². The number of amides is 1. The molecule has 1 amide bonds. The van der Waals surface area contributed by atoms with Gasteiger partial charge in [0, 0.05) is 26.8 Å². The minimum Gasteiger partial charge on any atom is -0.394 e. The fourth-order valence-electron chi connectivity index (χ4n) is 2.48. The number of carbonyl (C=O) groups is 1. The zero-order valence-corrected chi connectivity index (χ0v) is 11.2. The van der Waals surface area contributed by atoms with Crippen molar-refractivity contribution < 1.29 is 14.6 Å². The second kappa shape index (κ2) is 9.39. The van der Waals surface area contributed by atoms with Crippen LogP contribution in [0.1, 0.15) is 25.7 Å². The van der Waals surface area contributed by atoms with E-state index in [-0.39, 0.29) is 5.54 Å². The molecule has 2 aliphatic heterocycles. The van der Waals surface area contributed by atoms with Gasteiger partial charge in [-0.2, -0.15) is 0 Å². The van der Waals surface area contributed by atoms with Crippen LogP contribution in [0.3, 0.4) is 0 Å². The molecule has 0 unspecified atom stereocenters. The molecule has 0 saturated carbocycles. The molecule has 2 rings (SSSR count). The summed E-state index contributed by atoms with van der Waals surface area (Å²) in [6, 6.07) is 0. The molecule has 0 atom stereocenters. The average molecular weight is 246 g/mol. The molecule has 0 aromatic rings. The molecular weight excluding hydrogens is 220 g/mol. The molecular formula is C12H26N2O3. The number of aliphatic hydroxyl groups is 1. The van der Waals surface area contributed by atoms with Gasteiger partial charge in [0.2, 0.25) is 6.41 Å². The molecule has 2 saturated heterocycles. The number of methoxy groups -OCH3 is 1. The van der Waals surface area contributed by atoms with Crippen molar-refractivity contribution in [3.8, 4) is 0 Å². The van der Waals surface area contributed by atoms with Crippen molar-refractivity contribution in [1.82, 2.24) is 10.2 Å². The van der Waals surface area contributed by atoms with Crippen molar-refractivity contribution in [3.63, 3.8) is 0 Å². The monoisotopic (exact) mass is 246 g/mol. The van der Waals surface area contributed by atoms with Gasteiger partial charge in [0.1, 0.15) is 0 Å². The summed E-state index contributed by atoms with van der Waals surface area (Å²) in [5, 5.41) is 11.4. The molecule has 2 heterocycles. The van der Waals surface area contributed by atoms with Crippen LogP contribution in [-0.4, -0.2) is 62.9 Å². The number of hydrogen-bond acceptors (Lipinski definition) is 4. The molecule has 5 nitrogen and oxygen atoms in total. The maximum absolute atomic E-state index is 9.19. The highest BCUT2D eigenvalue weighted by Gasteiger charge is 2.43. The molecule has 2 fully saturated rings. The van der Waals surface area contributed by atoms with Gasteiger partial charge >= 0.3 is 0 Å². The smallest absolute Gasteiger partial charge is 0.206 e. The molecule has 5 heteroatoms. The Morgan fingerprint density at radius 2 is 1.76 bits per heavy atom. The first-order valence-corrected chi connectivity index (χ1v) is 6.07. The summed E-state index contributed by atoms with van der Waals surface area (Å²) < 4.78 is 4.25. The molecule has 2 aliphatic rings. The molecule has 0 aromatic carbocycles. The third-order valence-corrected chi connectivity index (χ3v) is 3.22. The lowest BCUT2D eigenvalue weighted by Crippen LogP contribution is -2.41. The maximum Gasteiger partial charge on any atom is 0.206 e. The summed E-state index contributed by atoms with van der Waals surface area (Å²) in [5.41, 5.74) is 0.236.